The van der Waals surface area contributed by atoms with Gasteiger partial charge in [0.05, 0.1) is 18.2 Å². The van der Waals surface area contributed by atoms with Crippen LogP contribution in [0.5, 0.6) is 0 Å². The normalized spacial score (nSPS) is 20.9. The quantitative estimate of drug-likeness (QED) is 0.754. The van der Waals surface area contributed by atoms with Crippen LogP contribution in [0.25, 0.3) is 0 Å². The van der Waals surface area contributed by atoms with Crippen molar-refractivity contribution in [3.8, 4) is 0 Å². The molecule has 1 unspecified atom stereocenters. The van der Waals surface area contributed by atoms with E-state index in [1.165, 1.54) is 0 Å². The molecular formula is C13H21N3O2. The molecule has 0 aliphatic carbocycles. The summed E-state index contributed by atoms with van der Waals surface area (Å²) in [6, 6.07) is 2.02. The fourth-order valence-corrected chi connectivity index (χ4v) is 2.43. The predicted molar refractivity (Wildman–Crippen MR) is 67.8 cm³/mol. The number of aryl methyl sites for hydroxylation is 1. The second kappa shape index (κ2) is 6.00. The molecule has 0 saturated carbocycles. The van der Waals surface area contributed by atoms with E-state index in [9.17, 15) is 4.79 Å². The highest BCUT2D eigenvalue weighted by Crippen LogP contribution is 2.19. The summed E-state index contributed by atoms with van der Waals surface area (Å²) in [5.41, 5.74) is 1.06. The van der Waals surface area contributed by atoms with E-state index in [1.54, 1.807) is 0 Å². The lowest BCUT2D eigenvalue weighted by Gasteiger charge is -2.30. The van der Waals surface area contributed by atoms with Gasteiger partial charge in [-0.25, -0.2) is 0 Å². The third-order valence-electron chi connectivity index (χ3n) is 3.28. The van der Waals surface area contributed by atoms with Crippen molar-refractivity contribution in [3.05, 3.63) is 18.0 Å². The Bertz CT molecular complexity index is 403. The van der Waals surface area contributed by atoms with Gasteiger partial charge in [0.1, 0.15) is 0 Å². The zero-order chi connectivity index (χ0) is 13.0. The number of nitrogens with zero attached hydrogens (tertiary/aromatic N) is 3. The Kier molecular flexibility index (Phi) is 4.36. The summed E-state index contributed by atoms with van der Waals surface area (Å²) in [4.78, 5) is 14.0. The highest BCUT2D eigenvalue weighted by Gasteiger charge is 2.26. The standard InChI is InChI=1S/C13H21N3O2/c1-3-18-13(17)11-5-4-7-16(9-11)10-12-6-8-15(2)14-12/h6,8,11H,3-5,7,9-10H2,1-2H3. The molecule has 100 valence electrons. The Morgan fingerprint density at radius 3 is 3.11 bits per heavy atom. The smallest absolute Gasteiger partial charge is 0.310 e. The molecule has 1 aromatic heterocycles. The van der Waals surface area contributed by atoms with Gasteiger partial charge in [0, 0.05) is 26.3 Å². The van der Waals surface area contributed by atoms with Gasteiger partial charge in [-0.15, -0.1) is 0 Å². The van der Waals surface area contributed by atoms with E-state index in [2.05, 4.69) is 10.00 Å². The Labute approximate surface area is 108 Å². The highest BCUT2D eigenvalue weighted by molar-refractivity contribution is 5.72. The number of likely N-dealkylation sites (tertiary alicyclic amines) is 1. The maximum Gasteiger partial charge on any atom is 0.310 e. The Balaban J connectivity index is 1.88. The maximum atomic E-state index is 11.7. The number of piperidine rings is 1. The van der Waals surface area contributed by atoms with E-state index in [4.69, 9.17) is 4.74 Å². The minimum absolute atomic E-state index is 0.0300. The summed E-state index contributed by atoms with van der Waals surface area (Å²) in [6.45, 7) is 4.96. The molecule has 0 radical (unpaired) electrons. The zero-order valence-corrected chi connectivity index (χ0v) is 11.1. The molecule has 0 spiro atoms. The van der Waals surface area contributed by atoms with Crippen molar-refractivity contribution < 1.29 is 9.53 Å². The molecule has 2 rings (SSSR count). The first-order valence-corrected chi connectivity index (χ1v) is 6.56. The highest BCUT2D eigenvalue weighted by atomic mass is 16.5. The van der Waals surface area contributed by atoms with Crippen molar-refractivity contribution in [2.45, 2.75) is 26.3 Å². The molecule has 1 fully saturated rings. The van der Waals surface area contributed by atoms with Crippen LogP contribution in [0.1, 0.15) is 25.5 Å². The molecule has 0 aromatic carbocycles. The minimum atomic E-state index is -0.0526. The summed E-state index contributed by atoms with van der Waals surface area (Å²) >= 11 is 0. The Morgan fingerprint density at radius 1 is 1.61 bits per heavy atom. The van der Waals surface area contributed by atoms with Gasteiger partial charge < -0.3 is 4.74 Å². The second-order valence-electron chi connectivity index (χ2n) is 4.81. The lowest BCUT2D eigenvalue weighted by molar-refractivity contribution is -0.150. The largest absolute Gasteiger partial charge is 0.466 e. The number of hydrogen-bond donors (Lipinski definition) is 0. The lowest BCUT2D eigenvalue weighted by atomic mass is 9.98. The van der Waals surface area contributed by atoms with Crippen molar-refractivity contribution in [1.29, 1.82) is 0 Å². The molecular weight excluding hydrogens is 230 g/mol. The van der Waals surface area contributed by atoms with E-state index in [1.807, 2.05) is 30.9 Å². The van der Waals surface area contributed by atoms with Crippen LogP contribution in [0.2, 0.25) is 0 Å². The van der Waals surface area contributed by atoms with Crippen molar-refractivity contribution in [2.24, 2.45) is 13.0 Å². The van der Waals surface area contributed by atoms with E-state index in [0.29, 0.717) is 6.61 Å². The molecule has 5 nitrogen and oxygen atoms in total. The van der Waals surface area contributed by atoms with Gasteiger partial charge in [0.25, 0.3) is 0 Å². The van der Waals surface area contributed by atoms with Crippen LogP contribution in [-0.4, -0.2) is 40.3 Å². The number of hydrogen-bond acceptors (Lipinski definition) is 4. The average molecular weight is 251 g/mol. The van der Waals surface area contributed by atoms with E-state index >= 15 is 0 Å². The third-order valence-corrected chi connectivity index (χ3v) is 3.28. The number of aromatic nitrogens is 2. The molecule has 0 bridgehead atoms. The molecule has 18 heavy (non-hydrogen) atoms. The second-order valence-corrected chi connectivity index (χ2v) is 4.81. The molecule has 1 atom stereocenters. The van der Waals surface area contributed by atoms with Crippen LogP contribution in [0.4, 0.5) is 0 Å². The summed E-state index contributed by atoms with van der Waals surface area (Å²) in [6.07, 6.45) is 3.94. The zero-order valence-electron chi connectivity index (χ0n) is 11.1. The van der Waals surface area contributed by atoms with Gasteiger partial charge >= 0.3 is 5.97 Å². The van der Waals surface area contributed by atoms with Gasteiger partial charge in [-0.1, -0.05) is 0 Å². The molecule has 1 aliphatic rings. The molecule has 0 N–H and O–H groups in total. The van der Waals surface area contributed by atoms with Crippen LogP contribution in [0.15, 0.2) is 12.3 Å². The van der Waals surface area contributed by atoms with Crippen LogP contribution >= 0.6 is 0 Å². The summed E-state index contributed by atoms with van der Waals surface area (Å²) in [7, 11) is 1.92. The van der Waals surface area contributed by atoms with Gasteiger partial charge in [0.15, 0.2) is 0 Å². The van der Waals surface area contributed by atoms with Gasteiger partial charge in [0.2, 0.25) is 0 Å². The fraction of sp³-hybridized carbons (Fsp3) is 0.692. The minimum Gasteiger partial charge on any atom is -0.466 e. The molecule has 1 saturated heterocycles. The van der Waals surface area contributed by atoms with Crippen molar-refractivity contribution >= 4 is 5.97 Å². The van der Waals surface area contributed by atoms with Gasteiger partial charge in [-0.2, -0.15) is 5.10 Å². The maximum absolute atomic E-state index is 11.7. The monoisotopic (exact) mass is 251 g/mol. The SMILES string of the molecule is CCOC(=O)C1CCCN(Cc2ccn(C)n2)C1. The van der Waals surface area contributed by atoms with Crippen LogP contribution < -0.4 is 0 Å². The van der Waals surface area contributed by atoms with Crippen LogP contribution in [0, 0.1) is 5.92 Å². The first kappa shape index (κ1) is 13.1. The topological polar surface area (TPSA) is 47.4 Å². The van der Waals surface area contributed by atoms with E-state index < -0.39 is 0 Å². The summed E-state index contributed by atoms with van der Waals surface area (Å²) in [5.74, 6) is -0.0226. The average Bonchev–Trinajstić information content (AvgIpc) is 2.75. The lowest BCUT2D eigenvalue weighted by Crippen LogP contribution is -2.39. The summed E-state index contributed by atoms with van der Waals surface area (Å²) < 4.78 is 6.91. The van der Waals surface area contributed by atoms with E-state index in [-0.39, 0.29) is 11.9 Å². The number of rotatable bonds is 4. The Morgan fingerprint density at radius 2 is 2.44 bits per heavy atom. The molecule has 2 heterocycles. The van der Waals surface area contributed by atoms with Crippen molar-refractivity contribution in [1.82, 2.24) is 14.7 Å². The van der Waals surface area contributed by atoms with Gasteiger partial charge in [-0.05, 0) is 32.4 Å². The fourth-order valence-electron chi connectivity index (χ4n) is 2.43. The number of carbonyl (C=O) groups excluding carboxylic acids is 1. The molecule has 1 aliphatic heterocycles. The summed E-state index contributed by atoms with van der Waals surface area (Å²) in [5, 5.41) is 4.37. The van der Waals surface area contributed by atoms with Crippen LogP contribution in [0.3, 0.4) is 0 Å². The number of ether oxygens (including phenoxy) is 1. The third kappa shape index (κ3) is 3.32. The molecule has 5 heteroatoms. The van der Waals surface area contributed by atoms with Crippen LogP contribution in [-0.2, 0) is 23.1 Å². The van der Waals surface area contributed by atoms with Crippen molar-refractivity contribution in [3.63, 3.8) is 0 Å². The Hall–Kier alpha value is -1.36. The number of esters is 1. The van der Waals surface area contributed by atoms with Crippen molar-refractivity contribution in [2.75, 3.05) is 19.7 Å². The molecule has 1 aromatic rings. The first-order valence-electron chi connectivity index (χ1n) is 6.56. The van der Waals surface area contributed by atoms with E-state index in [0.717, 1.165) is 38.2 Å². The predicted octanol–water partition coefficient (Wildman–Crippen LogP) is 1.20. The molecule has 0 amide bonds. The van der Waals surface area contributed by atoms with Gasteiger partial charge in [-0.3, -0.25) is 14.4 Å². The first-order chi connectivity index (χ1) is 8.69. The number of carbonyl (C=O) groups is 1.